The van der Waals surface area contributed by atoms with E-state index in [9.17, 15) is 4.79 Å². The second kappa shape index (κ2) is 6.25. The van der Waals surface area contributed by atoms with E-state index in [1.165, 1.54) is 0 Å². The Hall–Kier alpha value is -2.24. The minimum Gasteiger partial charge on any atom is -0.334 e. The number of rotatable bonds is 3. The Morgan fingerprint density at radius 1 is 1.18 bits per heavy atom. The predicted molar refractivity (Wildman–Crippen MR) is 88.4 cm³/mol. The Labute approximate surface area is 136 Å². The molecule has 1 aromatic heterocycles. The number of H-pyrrole nitrogens is 1. The highest BCUT2D eigenvalue weighted by Crippen LogP contribution is 2.25. The fourth-order valence-corrected chi connectivity index (χ4v) is 2.49. The minimum absolute atomic E-state index is 0.284. The Bertz CT molecular complexity index is 831. The van der Waals surface area contributed by atoms with Crippen molar-refractivity contribution >= 4 is 45.8 Å². The summed E-state index contributed by atoms with van der Waals surface area (Å²) in [5, 5.41) is 14.1. The average Bonchev–Trinajstić information content (AvgIpc) is 2.98. The van der Waals surface area contributed by atoms with Gasteiger partial charge in [-0.1, -0.05) is 41.4 Å². The van der Waals surface area contributed by atoms with Gasteiger partial charge in [-0.15, -0.1) is 0 Å². The van der Waals surface area contributed by atoms with E-state index in [1.807, 2.05) is 24.3 Å². The van der Waals surface area contributed by atoms with E-state index in [1.54, 1.807) is 18.3 Å². The second-order valence-electron chi connectivity index (χ2n) is 4.66. The van der Waals surface area contributed by atoms with Gasteiger partial charge in [-0.3, -0.25) is 5.10 Å². The maximum Gasteiger partial charge on any atom is 0.319 e. The van der Waals surface area contributed by atoms with E-state index < -0.39 is 0 Å². The molecule has 22 heavy (non-hydrogen) atoms. The van der Waals surface area contributed by atoms with Crippen LogP contribution in [0.3, 0.4) is 0 Å². The number of nitrogens with one attached hydrogen (secondary N) is 3. The lowest BCUT2D eigenvalue weighted by atomic mass is 10.2. The second-order valence-corrected chi connectivity index (χ2v) is 5.44. The number of carbonyl (C=O) groups excluding carboxylic acids is 1. The Morgan fingerprint density at radius 2 is 2.00 bits per heavy atom. The average molecular weight is 335 g/mol. The van der Waals surface area contributed by atoms with E-state index >= 15 is 0 Å². The third kappa shape index (κ3) is 3.00. The Morgan fingerprint density at radius 3 is 2.86 bits per heavy atom. The third-order valence-corrected chi connectivity index (χ3v) is 4.06. The highest BCUT2D eigenvalue weighted by molar-refractivity contribution is 6.42. The van der Waals surface area contributed by atoms with Gasteiger partial charge >= 0.3 is 6.03 Å². The van der Waals surface area contributed by atoms with E-state index in [0.29, 0.717) is 15.7 Å². The van der Waals surface area contributed by atoms with Crippen LogP contribution in [0.25, 0.3) is 10.9 Å². The van der Waals surface area contributed by atoms with Crippen LogP contribution in [0.4, 0.5) is 10.5 Å². The Kier molecular flexibility index (Phi) is 4.18. The van der Waals surface area contributed by atoms with E-state index in [2.05, 4.69) is 20.8 Å². The van der Waals surface area contributed by atoms with Crippen molar-refractivity contribution in [3.05, 3.63) is 58.2 Å². The van der Waals surface area contributed by atoms with Gasteiger partial charge in [0.1, 0.15) is 0 Å². The van der Waals surface area contributed by atoms with E-state index in [4.69, 9.17) is 23.2 Å². The summed E-state index contributed by atoms with van der Waals surface area (Å²) < 4.78 is 0. The molecule has 2 amide bonds. The lowest BCUT2D eigenvalue weighted by Crippen LogP contribution is -2.28. The maximum atomic E-state index is 12.0. The molecule has 7 heteroatoms. The topological polar surface area (TPSA) is 69.8 Å². The molecule has 0 spiro atoms. The molecule has 0 aliphatic carbocycles. The van der Waals surface area contributed by atoms with Gasteiger partial charge in [0.05, 0.1) is 27.4 Å². The summed E-state index contributed by atoms with van der Waals surface area (Å²) in [6, 6.07) is 10.5. The van der Waals surface area contributed by atoms with Crippen LogP contribution in [0.2, 0.25) is 10.0 Å². The van der Waals surface area contributed by atoms with Crippen LogP contribution in [0, 0.1) is 0 Å². The van der Waals surface area contributed by atoms with Crippen LogP contribution < -0.4 is 10.6 Å². The molecule has 0 saturated carbocycles. The van der Waals surface area contributed by atoms with Gasteiger partial charge in [0.25, 0.3) is 0 Å². The highest BCUT2D eigenvalue weighted by atomic mass is 35.5. The number of halogens is 2. The molecule has 1 heterocycles. The zero-order chi connectivity index (χ0) is 15.5. The lowest BCUT2D eigenvalue weighted by molar-refractivity contribution is 0.252. The summed E-state index contributed by atoms with van der Waals surface area (Å²) in [5.41, 5.74) is 2.29. The normalized spacial score (nSPS) is 10.6. The fraction of sp³-hybridized carbons (Fsp3) is 0.0667. The number of aromatic nitrogens is 2. The van der Waals surface area contributed by atoms with Crippen LogP contribution in [0.1, 0.15) is 5.56 Å². The summed E-state index contributed by atoms with van der Waals surface area (Å²) in [7, 11) is 0. The monoisotopic (exact) mass is 334 g/mol. The first kappa shape index (κ1) is 14.7. The van der Waals surface area contributed by atoms with Crippen LogP contribution >= 0.6 is 23.2 Å². The van der Waals surface area contributed by atoms with E-state index in [0.717, 1.165) is 16.5 Å². The summed E-state index contributed by atoms with van der Waals surface area (Å²) >= 11 is 12.0. The molecule has 0 atom stereocenters. The molecule has 3 N–H and O–H groups in total. The molecule has 3 aromatic rings. The summed E-state index contributed by atoms with van der Waals surface area (Å²) in [6.07, 6.45) is 1.67. The smallest absolute Gasteiger partial charge is 0.319 e. The van der Waals surface area contributed by atoms with Crippen molar-refractivity contribution < 1.29 is 4.79 Å². The van der Waals surface area contributed by atoms with Gasteiger partial charge in [-0.05, 0) is 23.8 Å². The van der Waals surface area contributed by atoms with Gasteiger partial charge in [0, 0.05) is 11.9 Å². The van der Waals surface area contributed by atoms with Crippen LogP contribution in [-0.4, -0.2) is 16.2 Å². The molecule has 0 radical (unpaired) electrons. The zero-order valence-electron chi connectivity index (χ0n) is 11.4. The van der Waals surface area contributed by atoms with Crippen molar-refractivity contribution in [3.63, 3.8) is 0 Å². The molecular formula is C15H12Cl2N4O. The van der Waals surface area contributed by atoms with Crippen LogP contribution in [-0.2, 0) is 6.54 Å². The number of benzene rings is 2. The number of nitrogens with zero attached hydrogens (tertiary/aromatic N) is 1. The minimum atomic E-state index is -0.329. The SMILES string of the molecule is O=C(NCc1cccc(Cl)c1Cl)Nc1cccc2[nH]ncc12. The number of aromatic amines is 1. The number of amides is 2. The number of carbonyl (C=O) groups is 1. The molecular weight excluding hydrogens is 323 g/mol. The number of urea groups is 1. The van der Waals surface area contributed by atoms with Crippen molar-refractivity contribution in [1.29, 1.82) is 0 Å². The van der Waals surface area contributed by atoms with Crippen molar-refractivity contribution in [2.24, 2.45) is 0 Å². The van der Waals surface area contributed by atoms with Crippen molar-refractivity contribution in [1.82, 2.24) is 15.5 Å². The van der Waals surface area contributed by atoms with Crippen molar-refractivity contribution in [2.45, 2.75) is 6.54 Å². The summed E-state index contributed by atoms with van der Waals surface area (Å²) in [4.78, 5) is 12.0. The quantitative estimate of drug-likeness (QED) is 0.672. The molecule has 0 bridgehead atoms. The first-order valence-electron chi connectivity index (χ1n) is 6.55. The number of anilines is 1. The number of hydrogen-bond donors (Lipinski definition) is 3. The largest absolute Gasteiger partial charge is 0.334 e. The van der Waals surface area contributed by atoms with Crippen LogP contribution in [0.15, 0.2) is 42.6 Å². The highest BCUT2D eigenvalue weighted by Gasteiger charge is 2.08. The first-order valence-corrected chi connectivity index (χ1v) is 7.30. The molecule has 112 valence electrons. The van der Waals surface area contributed by atoms with Gasteiger partial charge in [0.15, 0.2) is 0 Å². The Balaban J connectivity index is 1.68. The summed E-state index contributed by atoms with van der Waals surface area (Å²) in [6.45, 7) is 0.284. The molecule has 2 aromatic carbocycles. The van der Waals surface area contributed by atoms with Gasteiger partial charge in [-0.2, -0.15) is 5.10 Å². The molecule has 3 rings (SSSR count). The standard InChI is InChI=1S/C15H12Cl2N4O/c16-11-4-1-3-9(14(11)17)7-18-15(22)20-12-5-2-6-13-10(12)8-19-21-13/h1-6,8H,7H2,(H,19,21)(H2,18,20,22). The summed E-state index contributed by atoms with van der Waals surface area (Å²) in [5.74, 6) is 0. The molecule has 0 aliphatic heterocycles. The first-order chi connectivity index (χ1) is 10.6. The zero-order valence-corrected chi connectivity index (χ0v) is 12.9. The van der Waals surface area contributed by atoms with Crippen LogP contribution in [0.5, 0.6) is 0 Å². The molecule has 0 fully saturated rings. The predicted octanol–water partition coefficient (Wildman–Crippen LogP) is 4.19. The fourth-order valence-electron chi connectivity index (χ4n) is 2.10. The lowest BCUT2D eigenvalue weighted by Gasteiger charge is -2.10. The van der Waals surface area contributed by atoms with Gasteiger partial charge < -0.3 is 10.6 Å². The third-order valence-electron chi connectivity index (χ3n) is 3.20. The maximum absolute atomic E-state index is 12.0. The van der Waals surface area contributed by atoms with Crippen molar-refractivity contribution in [3.8, 4) is 0 Å². The number of hydrogen-bond acceptors (Lipinski definition) is 2. The van der Waals surface area contributed by atoms with Crippen molar-refractivity contribution in [2.75, 3.05) is 5.32 Å². The van der Waals surface area contributed by atoms with Gasteiger partial charge in [-0.25, -0.2) is 4.79 Å². The molecule has 5 nitrogen and oxygen atoms in total. The molecule has 0 aliphatic rings. The number of fused-ring (bicyclic) bond motifs is 1. The van der Waals surface area contributed by atoms with E-state index in [-0.39, 0.29) is 12.6 Å². The van der Waals surface area contributed by atoms with Gasteiger partial charge in [0.2, 0.25) is 0 Å². The molecule has 0 saturated heterocycles. The molecule has 0 unspecified atom stereocenters.